The molecular formula is C12H17NO9. The van der Waals surface area contributed by atoms with Gasteiger partial charge in [-0.15, -0.1) is 0 Å². The highest BCUT2D eigenvalue weighted by Gasteiger charge is 2.44. The third-order valence-corrected chi connectivity index (χ3v) is 3.15. The van der Waals surface area contributed by atoms with E-state index in [4.69, 9.17) is 14.6 Å². The van der Waals surface area contributed by atoms with Gasteiger partial charge in [0.1, 0.15) is 30.2 Å². The van der Waals surface area contributed by atoms with Gasteiger partial charge in [0.15, 0.2) is 0 Å². The molecule has 1 aliphatic rings. The lowest BCUT2D eigenvalue weighted by Gasteiger charge is -2.39. The number of aliphatic hydroxyl groups is 4. The Kier molecular flexibility index (Phi) is 6.17. The van der Waals surface area contributed by atoms with Crippen molar-refractivity contribution < 1.29 is 40.3 Å². The summed E-state index contributed by atoms with van der Waals surface area (Å²) < 4.78 is 10.4. The molecule has 1 fully saturated rings. The number of hydrogen-bond donors (Lipinski definition) is 4. The van der Waals surface area contributed by atoms with Crippen molar-refractivity contribution in [1.29, 1.82) is 0 Å². The normalized spacial score (nSPS) is 31.2. The number of benzene rings is 1. The van der Waals surface area contributed by atoms with Crippen molar-refractivity contribution in [2.45, 2.75) is 30.7 Å². The molecule has 124 valence electrons. The maximum atomic E-state index is 10.5. The quantitative estimate of drug-likeness (QED) is 0.362. The Morgan fingerprint density at radius 2 is 1.73 bits per heavy atom. The van der Waals surface area contributed by atoms with Crippen LogP contribution < -0.4 is 4.74 Å². The molecule has 0 aliphatic carbocycles. The molecule has 22 heavy (non-hydrogen) atoms. The lowest BCUT2D eigenvalue weighted by atomic mass is 9.99. The minimum Gasteiger partial charge on any atom is -0.462 e. The van der Waals surface area contributed by atoms with Gasteiger partial charge in [-0.3, -0.25) is 10.1 Å². The maximum absolute atomic E-state index is 10.5. The average Bonchev–Trinajstić information content (AvgIpc) is 2.48. The van der Waals surface area contributed by atoms with Gasteiger partial charge in [0.25, 0.3) is 5.69 Å². The Morgan fingerprint density at radius 3 is 2.23 bits per heavy atom. The van der Waals surface area contributed by atoms with E-state index in [2.05, 4.69) is 0 Å². The topological polar surface area (TPSA) is 174 Å². The molecule has 5 unspecified atom stereocenters. The molecule has 0 bridgehead atoms. The molecule has 1 heterocycles. The summed E-state index contributed by atoms with van der Waals surface area (Å²) >= 11 is 0. The van der Waals surface area contributed by atoms with Gasteiger partial charge in [0, 0.05) is 12.1 Å². The van der Waals surface area contributed by atoms with Crippen LogP contribution in [-0.2, 0) is 4.74 Å². The number of non-ortho nitro benzene ring substituents is 1. The van der Waals surface area contributed by atoms with Crippen molar-refractivity contribution in [3.8, 4) is 5.75 Å². The van der Waals surface area contributed by atoms with E-state index in [9.17, 15) is 25.4 Å². The van der Waals surface area contributed by atoms with Crippen LogP contribution in [0, 0.1) is 10.1 Å². The molecule has 0 aromatic heterocycles. The largest absolute Gasteiger partial charge is 0.462 e. The van der Waals surface area contributed by atoms with E-state index in [1.54, 1.807) is 0 Å². The van der Waals surface area contributed by atoms with Gasteiger partial charge in [-0.25, -0.2) is 0 Å². The van der Waals surface area contributed by atoms with Crippen LogP contribution in [0.5, 0.6) is 5.75 Å². The minimum absolute atomic E-state index is 0. The SMILES string of the molecule is O.O=[N+]([O-])c1ccc(OC2OC(CO)C(O)C(O)C2O)cc1. The maximum Gasteiger partial charge on any atom is 0.269 e. The fourth-order valence-corrected chi connectivity index (χ4v) is 1.95. The Morgan fingerprint density at radius 1 is 1.14 bits per heavy atom. The first-order valence-corrected chi connectivity index (χ1v) is 6.15. The fraction of sp³-hybridized carbons (Fsp3) is 0.500. The van der Waals surface area contributed by atoms with Gasteiger partial charge in [-0.1, -0.05) is 0 Å². The molecule has 0 amide bonds. The summed E-state index contributed by atoms with van der Waals surface area (Å²) in [5.41, 5.74) is -0.129. The number of nitro benzene ring substituents is 1. The summed E-state index contributed by atoms with van der Waals surface area (Å²) in [6.07, 6.45) is -6.94. The molecule has 5 atom stereocenters. The van der Waals surface area contributed by atoms with E-state index >= 15 is 0 Å². The number of nitrogens with zero attached hydrogens (tertiary/aromatic N) is 1. The van der Waals surface area contributed by atoms with Crippen LogP contribution >= 0.6 is 0 Å². The van der Waals surface area contributed by atoms with Gasteiger partial charge < -0.3 is 35.4 Å². The number of aliphatic hydroxyl groups excluding tert-OH is 4. The van der Waals surface area contributed by atoms with Gasteiger partial charge in [-0.2, -0.15) is 0 Å². The first-order chi connectivity index (χ1) is 9.93. The molecule has 1 aromatic carbocycles. The molecule has 1 aliphatic heterocycles. The summed E-state index contributed by atoms with van der Waals surface area (Å²) in [5, 5.41) is 48.6. The van der Waals surface area contributed by atoms with Gasteiger partial charge in [0.2, 0.25) is 6.29 Å². The van der Waals surface area contributed by atoms with Crippen molar-refractivity contribution in [2.75, 3.05) is 6.61 Å². The Hall–Kier alpha value is -1.82. The smallest absolute Gasteiger partial charge is 0.269 e. The van der Waals surface area contributed by atoms with Crippen LogP contribution in [0.3, 0.4) is 0 Å². The fourth-order valence-electron chi connectivity index (χ4n) is 1.95. The number of nitro groups is 1. The summed E-state index contributed by atoms with van der Waals surface area (Å²) in [4.78, 5) is 9.95. The van der Waals surface area contributed by atoms with Crippen molar-refractivity contribution in [1.82, 2.24) is 0 Å². The highest BCUT2D eigenvalue weighted by molar-refractivity contribution is 5.36. The lowest BCUT2D eigenvalue weighted by Crippen LogP contribution is -2.60. The zero-order valence-corrected chi connectivity index (χ0v) is 11.3. The molecule has 1 aromatic rings. The Labute approximate surface area is 124 Å². The highest BCUT2D eigenvalue weighted by atomic mass is 16.7. The molecular weight excluding hydrogens is 302 g/mol. The Bertz CT molecular complexity index is 492. The summed E-state index contributed by atoms with van der Waals surface area (Å²) in [6.45, 7) is -0.564. The van der Waals surface area contributed by atoms with Crippen molar-refractivity contribution in [3.63, 3.8) is 0 Å². The number of rotatable bonds is 4. The molecule has 6 N–H and O–H groups in total. The summed E-state index contributed by atoms with van der Waals surface area (Å²) in [5.74, 6) is 0.171. The summed E-state index contributed by atoms with van der Waals surface area (Å²) in [7, 11) is 0. The molecule has 1 saturated heterocycles. The molecule has 0 saturated carbocycles. The zero-order valence-electron chi connectivity index (χ0n) is 11.3. The predicted molar refractivity (Wildman–Crippen MR) is 71.1 cm³/mol. The Balaban J connectivity index is 0.00000242. The van der Waals surface area contributed by atoms with E-state index in [0.717, 1.165) is 0 Å². The standard InChI is InChI=1S/C12H15NO8.H2O/c14-5-8-9(15)10(16)11(17)12(21-8)20-7-3-1-6(2-4-7)13(18)19;/h1-4,8-12,14-17H,5H2;1H2. The second kappa shape index (κ2) is 7.45. The first kappa shape index (κ1) is 18.2. The van der Waals surface area contributed by atoms with Crippen LogP contribution in [0.15, 0.2) is 24.3 Å². The lowest BCUT2D eigenvalue weighted by molar-refractivity contribution is -0.384. The van der Waals surface area contributed by atoms with Crippen LogP contribution in [0.25, 0.3) is 0 Å². The third kappa shape index (κ3) is 3.68. The van der Waals surface area contributed by atoms with Crippen LogP contribution in [-0.4, -0.2) is 68.1 Å². The predicted octanol–water partition coefficient (Wildman–Crippen LogP) is -2.05. The van der Waals surface area contributed by atoms with E-state index in [-0.39, 0.29) is 16.9 Å². The molecule has 2 rings (SSSR count). The zero-order chi connectivity index (χ0) is 15.6. The highest BCUT2D eigenvalue weighted by Crippen LogP contribution is 2.25. The van der Waals surface area contributed by atoms with E-state index in [0.29, 0.717) is 0 Å². The monoisotopic (exact) mass is 319 g/mol. The molecule has 10 heteroatoms. The third-order valence-electron chi connectivity index (χ3n) is 3.15. The molecule has 10 nitrogen and oxygen atoms in total. The number of ether oxygens (including phenoxy) is 2. The van der Waals surface area contributed by atoms with E-state index in [1.807, 2.05) is 0 Å². The molecule has 0 spiro atoms. The van der Waals surface area contributed by atoms with E-state index < -0.39 is 42.2 Å². The van der Waals surface area contributed by atoms with Gasteiger partial charge in [-0.05, 0) is 12.1 Å². The van der Waals surface area contributed by atoms with Crippen LogP contribution in [0.4, 0.5) is 5.69 Å². The molecule has 0 radical (unpaired) electrons. The van der Waals surface area contributed by atoms with Crippen molar-refractivity contribution in [2.24, 2.45) is 0 Å². The summed E-state index contributed by atoms with van der Waals surface area (Å²) in [6, 6.07) is 5.03. The van der Waals surface area contributed by atoms with Gasteiger partial charge >= 0.3 is 0 Å². The first-order valence-electron chi connectivity index (χ1n) is 6.15. The van der Waals surface area contributed by atoms with Crippen molar-refractivity contribution in [3.05, 3.63) is 34.4 Å². The van der Waals surface area contributed by atoms with Crippen molar-refractivity contribution >= 4 is 5.69 Å². The second-order valence-electron chi connectivity index (χ2n) is 4.57. The van der Waals surface area contributed by atoms with Crippen LogP contribution in [0.1, 0.15) is 0 Å². The van der Waals surface area contributed by atoms with Crippen LogP contribution in [0.2, 0.25) is 0 Å². The van der Waals surface area contributed by atoms with E-state index in [1.165, 1.54) is 24.3 Å². The second-order valence-corrected chi connectivity index (χ2v) is 4.57. The van der Waals surface area contributed by atoms with Gasteiger partial charge in [0.05, 0.1) is 11.5 Å². The number of hydrogen-bond acceptors (Lipinski definition) is 8. The minimum atomic E-state index is -1.54. The average molecular weight is 319 g/mol.